The fourth-order valence-electron chi connectivity index (χ4n) is 2.56. The van der Waals surface area contributed by atoms with Crippen molar-refractivity contribution in [1.29, 1.82) is 0 Å². The van der Waals surface area contributed by atoms with Crippen molar-refractivity contribution in [1.82, 2.24) is 9.99 Å². The van der Waals surface area contributed by atoms with Crippen LogP contribution in [-0.4, -0.2) is 16.7 Å². The van der Waals surface area contributed by atoms with Crippen LogP contribution < -0.4 is 5.43 Å². The lowest BCUT2D eigenvalue weighted by atomic mass is 10.2. The number of aromatic nitrogens is 1. The molecule has 5 heteroatoms. The Labute approximate surface area is 117 Å². The Hall–Kier alpha value is -2.30. The number of hydrogen-bond donors (Lipinski definition) is 1. The lowest BCUT2D eigenvalue weighted by molar-refractivity contribution is 0.0927. The minimum Gasteiger partial charge on any atom is -0.459 e. The summed E-state index contributed by atoms with van der Waals surface area (Å²) < 4.78 is 7.22. The number of hydrazone groups is 1. The van der Waals surface area contributed by atoms with E-state index in [1.54, 1.807) is 18.3 Å². The third-order valence-electron chi connectivity index (χ3n) is 3.61. The van der Waals surface area contributed by atoms with Crippen molar-refractivity contribution in [3.63, 3.8) is 0 Å². The van der Waals surface area contributed by atoms with Crippen molar-refractivity contribution in [2.45, 2.75) is 31.7 Å². The molecule has 0 bridgehead atoms. The smallest absolute Gasteiger partial charge is 0.307 e. The molecule has 0 saturated heterocycles. The molecule has 0 atom stereocenters. The first kappa shape index (κ1) is 12.7. The third kappa shape index (κ3) is 2.82. The van der Waals surface area contributed by atoms with Gasteiger partial charge in [0, 0.05) is 24.0 Å². The van der Waals surface area contributed by atoms with Crippen LogP contribution in [0.15, 0.2) is 46.4 Å². The molecule has 5 nitrogen and oxygen atoms in total. The first-order chi connectivity index (χ1) is 9.83. The SMILES string of the molecule is O=C(N/N=C/c1ccn(C2CCCC2)c1)c1ccco1. The number of nitrogens with one attached hydrogen (secondary N) is 1. The minimum atomic E-state index is -0.346. The van der Waals surface area contributed by atoms with Gasteiger partial charge < -0.3 is 8.98 Å². The van der Waals surface area contributed by atoms with E-state index < -0.39 is 0 Å². The standard InChI is InChI=1S/C15H17N3O2/c19-15(14-6-3-9-20-14)17-16-10-12-7-8-18(11-12)13-4-1-2-5-13/h3,6-11,13H,1-2,4-5H2,(H,17,19)/b16-10+. The van der Waals surface area contributed by atoms with E-state index >= 15 is 0 Å². The Bertz CT molecular complexity index is 592. The number of rotatable bonds is 4. The summed E-state index contributed by atoms with van der Waals surface area (Å²) in [5.41, 5.74) is 3.42. The van der Waals surface area contributed by atoms with Gasteiger partial charge in [-0.3, -0.25) is 4.79 Å². The second-order valence-electron chi connectivity index (χ2n) is 5.01. The summed E-state index contributed by atoms with van der Waals surface area (Å²) in [4.78, 5) is 11.6. The molecule has 1 amide bonds. The zero-order valence-electron chi connectivity index (χ0n) is 11.2. The van der Waals surface area contributed by atoms with Crippen LogP contribution >= 0.6 is 0 Å². The van der Waals surface area contributed by atoms with Gasteiger partial charge in [-0.2, -0.15) is 5.10 Å². The number of amides is 1. The summed E-state index contributed by atoms with van der Waals surface area (Å²) >= 11 is 0. The van der Waals surface area contributed by atoms with Crippen molar-refractivity contribution >= 4 is 12.1 Å². The van der Waals surface area contributed by atoms with E-state index in [2.05, 4.69) is 27.5 Å². The van der Waals surface area contributed by atoms with E-state index in [1.807, 2.05) is 6.07 Å². The molecule has 1 aliphatic carbocycles. The fraction of sp³-hybridized carbons (Fsp3) is 0.333. The number of nitrogens with zero attached hydrogens (tertiary/aromatic N) is 2. The second kappa shape index (κ2) is 5.77. The Morgan fingerprint density at radius 2 is 2.25 bits per heavy atom. The summed E-state index contributed by atoms with van der Waals surface area (Å²) in [5, 5.41) is 3.94. The maximum Gasteiger partial charge on any atom is 0.307 e. The van der Waals surface area contributed by atoms with Crippen LogP contribution in [0.2, 0.25) is 0 Å². The molecule has 0 aliphatic heterocycles. The highest BCUT2D eigenvalue weighted by molar-refractivity contribution is 5.92. The summed E-state index contributed by atoms with van der Waals surface area (Å²) in [6, 6.07) is 5.89. The van der Waals surface area contributed by atoms with Gasteiger partial charge in [-0.1, -0.05) is 12.8 Å². The summed E-state index contributed by atoms with van der Waals surface area (Å²) in [6.45, 7) is 0. The summed E-state index contributed by atoms with van der Waals surface area (Å²) in [7, 11) is 0. The van der Waals surface area contributed by atoms with Crippen molar-refractivity contribution < 1.29 is 9.21 Å². The van der Waals surface area contributed by atoms with Gasteiger partial charge in [0.2, 0.25) is 0 Å². The molecule has 1 fully saturated rings. The van der Waals surface area contributed by atoms with Crippen LogP contribution in [0.5, 0.6) is 0 Å². The number of carbonyl (C=O) groups excluding carboxylic acids is 1. The van der Waals surface area contributed by atoms with Crippen LogP contribution in [0, 0.1) is 0 Å². The highest BCUT2D eigenvalue weighted by atomic mass is 16.3. The molecule has 2 aromatic rings. The van der Waals surface area contributed by atoms with Gasteiger partial charge in [0.25, 0.3) is 0 Å². The highest BCUT2D eigenvalue weighted by Gasteiger charge is 2.15. The van der Waals surface area contributed by atoms with Crippen LogP contribution in [0.1, 0.15) is 47.8 Å². The average molecular weight is 271 g/mol. The first-order valence-electron chi connectivity index (χ1n) is 6.87. The van der Waals surface area contributed by atoms with Gasteiger partial charge in [-0.05, 0) is 31.0 Å². The van der Waals surface area contributed by atoms with Crippen LogP contribution in [0.3, 0.4) is 0 Å². The Kier molecular flexibility index (Phi) is 3.67. The lowest BCUT2D eigenvalue weighted by Crippen LogP contribution is -2.16. The zero-order chi connectivity index (χ0) is 13.8. The molecule has 0 spiro atoms. The largest absolute Gasteiger partial charge is 0.459 e. The topological polar surface area (TPSA) is 59.5 Å². The van der Waals surface area contributed by atoms with E-state index in [-0.39, 0.29) is 11.7 Å². The predicted molar refractivity (Wildman–Crippen MR) is 75.7 cm³/mol. The molecular weight excluding hydrogens is 254 g/mol. The molecule has 0 unspecified atom stereocenters. The molecule has 3 rings (SSSR count). The van der Waals surface area contributed by atoms with Gasteiger partial charge in [-0.25, -0.2) is 5.43 Å². The second-order valence-corrected chi connectivity index (χ2v) is 5.01. The first-order valence-corrected chi connectivity index (χ1v) is 6.87. The molecular formula is C15H17N3O2. The quantitative estimate of drug-likeness (QED) is 0.686. The maximum absolute atomic E-state index is 11.6. The molecule has 1 saturated carbocycles. The predicted octanol–water partition coefficient (Wildman–Crippen LogP) is 2.96. The average Bonchev–Trinajstić information content (AvgIpc) is 3.20. The molecule has 20 heavy (non-hydrogen) atoms. The van der Waals surface area contributed by atoms with Crippen LogP contribution in [0.4, 0.5) is 0 Å². The van der Waals surface area contributed by atoms with Crippen LogP contribution in [0.25, 0.3) is 0 Å². The zero-order valence-corrected chi connectivity index (χ0v) is 11.2. The van der Waals surface area contributed by atoms with E-state index in [4.69, 9.17) is 4.42 Å². The molecule has 1 aliphatic rings. The highest BCUT2D eigenvalue weighted by Crippen LogP contribution is 2.29. The molecule has 104 valence electrons. The van der Waals surface area contributed by atoms with Crippen molar-refractivity contribution in [2.24, 2.45) is 5.10 Å². The summed E-state index contributed by atoms with van der Waals surface area (Å²) in [6.07, 6.45) is 12.4. The van der Waals surface area contributed by atoms with E-state index in [0.29, 0.717) is 6.04 Å². The van der Waals surface area contributed by atoms with Gasteiger partial charge in [0.1, 0.15) is 0 Å². The summed E-state index contributed by atoms with van der Waals surface area (Å²) in [5.74, 6) is -0.0906. The Balaban J connectivity index is 1.57. The molecule has 2 heterocycles. The normalized spacial score (nSPS) is 16.0. The Morgan fingerprint density at radius 3 is 3.00 bits per heavy atom. The fourth-order valence-corrected chi connectivity index (χ4v) is 2.56. The van der Waals surface area contributed by atoms with E-state index in [0.717, 1.165) is 5.56 Å². The lowest BCUT2D eigenvalue weighted by Gasteiger charge is -2.10. The maximum atomic E-state index is 11.6. The molecule has 1 N–H and O–H groups in total. The van der Waals surface area contributed by atoms with E-state index in [9.17, 15) is 4.79 Å². The van der Waals surface area contributed by atoms with Gasteiger partial charge in [-0.15, -0.1) is 0 Å². The van der Waals surface area contributed by atoms with E-state index in [1.165, 1.54) is 31.9 Å². The number of carbonyl (C=O) groups is 1. The minimum absolute atomic E-state index is 0.255. The number of hydrogen-bond acceptors (Lipinski definition) is 3. The van der Waals surface area contributed by atoms with Gasteiger partial charge in [0.05, 0.1) is 12.5 Å². The molecule has 0 radical (unpaired) electrons. The Morgan fingerprint density at radius 1 is 1.40 bits per heavy atom. The number of furan rings is 1. The van der Waals surface area contributed by atoms with Crippen molar-refractivity contribution in [3.05, 3.63) is 48.2 Å². The van der Waals surface area contributed by atoms with Crippen LogP contribution in [-0.2, 0) is 0 Å². The molecule has 0 aromatic carbocycles. The van der Waals surface area contributed by atoms with Crippen molar-refractivity contribution in [2.75, 3.05) is 0 Å². The molecule has 2 aromatic heterocycles. The monoisotopic (exact) mass is 271 g/mol. The van der Waals surface area contributed by atoms with Crippen molar-refractivity contribution in [3.8, 4) is 0 Å². The van der Waals surface area contributed by atoms with Gasteiger partial charge in [0.15, 0.2) is 5.76 Å². The van der Waals surface area contributed by atoms with Gasteiger partial charge >= 0.3 is 5.91 Å². The third-order valence-corrected chi connectivity index (χ3v) is 3.61.